The Morgan fingerprint density at radius 1 is 0.406 bits per heavy atom. The summed E-state index contributed by atoms with van der Waals surface area (Å²) >= 11 is 0. The second-order valence-corrected chi connectivity index (χ2v) is 29.0. The number of nitrogens with zero attached hydrogens (tertiary/aromatic N) is 21. The molecule has 516 valence electrons. The number of alkyl halides is 6. The monoisotopic (exact) mass is 1400 g/mol. The van der Waals surface area contributed by atoms with Gasteiger partial charge in [-0.1, -0.05) is 0 Å². The van der Waals surface area contributed by atoms with Gasteiger partial charge in [-0.15, -0.1) is 0 Å². The minimum Gasteiger partial charge on any atom is -0.351 e. The average Bonchev–Trinajstić information content (AvgIpc) is 1.79. The molecule has 0 amide bonds. The van der Waals surface area contributed by atoms with E-state index in [4.69, 9.17) is 0 Å². The Bertz CT molecular complexity index is 4110. The normalized spacial score (nSPS) is 20.4. The van der Waals surface area contributed by atoms with Crippen LogP contribution in [0, 0.1) is 0 Å². The zero-order valence-corrected chi connectivity index (χ0v) is 56.0. The van der Waals surface area contributed by atoms with Gasteiger partial charge in [0.1, 0.15) is 70.6 Å². The molecule has 0 spiro atoms. The van der Waals surface area contributed by atoms with Crippen molar-refractivity contribution in [1.82, 2.24) is 103 Å². The summed E-state index contributed by atoms with van der Waals surface area (Å²) in [4.78, 5) is 51.4. The molecular formula is C57H72F6N24O6S3. The lowest BCUT2D eigenvalue weighted by molar-refractivity contribution is 0.144. The predicted molar refractivity (Wildman–Crippen MR) is 345 cm³/mol. The van der Waals surface area contributed by atoms with Crippen molar-refractivity contribution < 1.29 is 51.6 Å². The van der Waals surface area contributed by atoms with Crippen LogP contribution < -0.4 is 28.9 Å². The lowest BCUT2D eigenvalue weighted by Gasteiger charge is -2.45. The minimum atomic E-state index is -3.31. The topological polar surface area (TPSA) is 326 Å². The zero-order valence-electron chi connectivity index (χ0n) is 53.6. The van der Waals surface area contributed by atoms with Crippen molar-refractivity contribution in [2.75, 3.05) is 114 Å². The van der Waals surface area contributed by atoms with Crippen molar-refractivity contribution in [3.63, 3.8) is 0 Å². The summed E-state index contributed by atoms with van der Waals surface area (Å²) in [6.45, 7) is 11.1. The van der Waals surface area contributed by atoms with E-state index in [-0.39, 0.29) is 73.0 Å². The summed E-state index contributed by atoms with van der Waals surface area (Å²) < 4.78 is 160. The first-order valence-corrected chi connectivity index (χ1v) is 35.7. The van der Waals surface area contributed by atoms with Crippen LogP contribution in [0.5, 0.6) is 0 Å². The largest absolute Gasteiger partial charge is 0.351 e. The number of piperazine rings is 3. The first-order valence-electron chi connectivity index (χ1n) is 30.0. The molecule has 3 aliphatic rings. The van der Waals surface area contributed by atoms with Gasteiger partial charge in [-0.2, -0.15) is 15.3 Å². The third-order valence-electron chi connectivity index (χ3n) is 17.0. The standard InChI is InChI=1S/3C19H24F2N8O2S/c3*1-12-15(10-25-32(3,30)31)27(2)6-7-28(12)18-8-14(23-11-24-18)16-9-22-17-5-4-13(19(20)21)26-29(16)17/h3*4-5,8-9,11-12,15,19,25H,6-7,10H2,1-3H3. The quantitative estimate of drug-likeness (QED) is 0.103. The smallest absolute Gasteiger partial charge is 0.282 e. The lowest BCUT2D eigenvalue weighted by Crippen LogP contribution is -2.60. The number of anilines is 3. The second-order valence-electron chi connectivity index (χ2n) is 23.5. The third-order valence-corrected chi connectivity index (χ3v) is 19.1. The molecule has 0 saturated carbocycles. The highest BCUT2D eigenvalue weighted by molar-refractivity contribution is 7.89. The average molecular weight is 1400 g/mol. The third kappa shape index (κ3) is 16.6. The number of hydrogen-bond donors (Lipinski definition) is 3. The molecule has 30 nitrogen and oxygen atoms in total. The van der Waals surface area contributed by atoms with E-state index in [0.29, 0.717) is 108 Å². The van der Waals surface area contributed by atoms with Crippen molar-refractivity contribution in [3.8, 4) is 34.2 Å². The number of sulfonamides is 3. The number of fused-ring (bicyclic) bond motifs is 3. The molecule has 3 aliphatic heterocycles. The maximum absolute atomic E-state index is 13.1. The predicted octanol–water partition coefficient (Wildman–Crippen LogP) is 3.55. The highest BCUT2D eigenvalue weighted by Crippen LogP contribution is 2.31. The minimum absolute atomic E-state index is 0.0449. The summed E-state index contributed by atoms with van der Waals surface area (Å²) in [5.41, 5.74) is 3.18. The summed E-state index contributed by atoms with van der Waals surface area (Å²) in [6, 6.07) is 13.2. The Labute approximate surface area is 549 Å². The number of halogens is 6. The van der Waals surface area contributed by atoms with E-state index in [1.54, 1.807) is 18.2 Å². The molecule has 39 heteroatoms. The molecule has 12 rings (SSSR count). The maximum Gasteiger partial charge on any atom is 0.282 e. The van der Waals surface area contributed by atoms with E-state index >= 15 is 0 Å². The molecule has 6 unspecified atom stereocenters. The van der Waals surface area contributed by atoms with E-state index in [9.17, 15) is 51.6 Å². The fourth-order valence-corrected chi connectivity index (χ4v) is 13.2. The van der Waals surface area contributed by atoms with Crippen LogP contribution in [-0.4, -0.2) is 249 Å². The number of imidazole rings is 3. The van der Waals surface area contributed by atoms with Gasteiger partial charge in [-0.3, -0.25) is 14.7 Å². The van der Waals surface area contributed by atoms with Crippen LogP contribution in [0.15, 0.2) is 92.2 Å². The van der Waals surface area contributed by atoms with Crippen molar-refractivity contribution >= 4 is 64.5 Å². The SMILES string of the molecule is CC1C(CNS(C)(=O)=O)N(C)CCN1c1cc(-c2cnc3ccc(C(F)F)nn23)ncn1.CC1C(CNS(C)(=O)=O)N(C)CCN1c1cc(-c2cnc3ccc(C(F)F)nn23)ncn1.CC1C(CNS(C)(=O)=O)N(C)CCN1c1cc(-c2cnc3ccc(C(F)F)nn23)ncn1. The molecule has 3 saturated heterocycles. The van der Waals surface area contributed by atoms with Gasteiger partial charge in [0.2, 0.25) is 30.1 Å². The molecule has 9 aromatic rings. The van der Waals surface area contributed by atoms with E-state index in [2.05, 4.69) is 104 Å². The van der Waals surface area contributed by atoms with Crippen LogP contribution in [0.25, 0.3) is 51.1 Å². The van der Waals surface area contributed by atoms with Crippen LogP contribution in [0.4, 0.5) is 43.8 Å². The highest BCUT2D eigenvalue weighted by Gasteiger charge is 2.36. The molecule has 3 N–H and O–H groups in total. The zero-order chi connectivity index (χ0) is 69.1. The van der Waals surface area contributed by atoms with Gasteiger partial charge >= 0.3 is 0 Å². The van der Waals surface area contributed by atoms with E-state index in [1.165, 1.54) is 87.5 Å². The molecular weight excluding hydrogens is 1330 g/mol. The van der Waals surface area contributed by atoms with Gasteiger partial charge in [0, 0.05) is 113 Å². The molecule has 0 radical (unpaired) electrons. The van der Waals surface area contributed by atoms with Crippen LogP contribution in [0.3, 0.4) is 0 Å². The van der Waals surface area contributed by atoms with Crippen molar-refractivity contribution in [3.05, 3.63) is 109 Å². The Balaban J connectivity index is 0.000000157. The molecule has 0 bridgehead atoms. The van der Waals surface area contributed by atoms with E-state index < -0.39 is 49.3 Å². The van der Waals surface area contributed by atoms with Crippen LogP contribution in [0.1, 0.15) is 57.1 Å². The van der Waals surface area contributed by atoms with Gasteiger partial charge in [0.05, 0.1) is 54.4 Å². The second kappa shape index (κ2) is 29.2. The number of hydrogen-bond acceptors (Lipinski definition) is 24. The summed E-state index contributed by atoms with van der Waals surface area (Å²) in [6.07, 6.45) is 4.18. The summed E-state index contributed by atoms with van der Waals surface area (Å²) in [7, 11) is -4.06. The van der Waals surface area contributed by atoms with Crippen molar-refractivity contribution in [1.29, 1.82) is 0 Å². The molecule has 0 aromatic carbocycles. The highest BCUT2D eigenvalue weighted by atomic mass is 32.2. The van der Waals surface area contributed by atoms with Gasteiger partial charge in [0.25, 0.3) is 19.3 Å². The molecule has 6 atom stereocenters. The van der Waals surface area contributed by atoms with Crippen molar-refractivity contribution in [2.24, 2.45) is 0 Å². The number of rotatable bonds is 18. The maximum atomic E-state index is 13.1. The van der Waals surface area contributed by atoms with E-state index in [0.717, 1.165) is 18.8 Å². The Morgan fingerprint density at radius 3 is 0.906 bits per heavy atom. The Hall–Kier alpha value is -8.31. The lowest BCUT2D eigenvalue weighted by atomic mass is 10.0. The van der Waals surface area contributed by atoms with Crippen LogP contribution in [-0.2, 0) is 30.1 Å². The molecule has 0 aliphatic carbocycles. The summed E-state index contributed by atoms with van der Waals surface area (Å²) in [5.74, 6) is 1.96. The molecule has 96 heavy (non-hydrogen) atoms. The van der Waals surface area contributed by atoms with Crippen LogP contribution >= 0.6 is 0 Å². The fourth-order valence-electron chi connectivity index (χ4n) is 11.8. The molecule has 9 aromatic heterocycles. The Morgan fingerprint density at radius 2 is 0.667 bits per heavy atom. The first kappa shape index (κ1) is 70.5. The molecule has 12 heterocycles. The van der Waals surface area contributed by atoms with Gasteiger partial charge in [-0.05, 0) is 78.3 Å². The van der Waals surface area contributed by atoms with Crippen LogP contribution in [0.2, 0.25) is 0 Å². The van der Waals surface area contributed by atoms with Gasteiger partial charge in [-0.25, -0.2) is 124 Å². The number of nitrogens with one attached hydrogen (secondary N) is 3. The first-order chi connectivity index (χ1) is 45.4. The Kier molecular flexibility index (Phi) is 21.4. The number of aromatic nitrogens is 15. The van der Waals surface area contributed by atoms with E-state index in [1.807, 2.05) is 41.9 Å². The molecule has 3 fully saturated rings. The number of likely N-dealkylation sites (N-methyl/N-ethyl adjacent to an activating group) is 3. The van der Waals surface area contributed by atoms with Crippen molar-refractivity contribution in [2.45, 2.75) is 76.3 Å². The summed E-state index contributed by atoms with van der Waals surface area (Å²) in [5, 5.41) is 12.0. The van der Waals surface area contributed by atoms with Gasteiger partial charge < -0.3 is 14.7 Å². The van der Waals surface area contributed by atoms with Gasteiger partial charge in [0.15, 0.2) is 16.9 Å². The fraction of sp³-hybridized carbons (Fsp3) is 0.474.